The number of halogens is 1. The van der Waals surface area contributed by atoms with Crippen molar-refractivity contribution in [2.24, 2.45) is 5.73 Å². The standard InChI is InChI=1S/C17H21BrN2/c1-12-4-9-15(18)10-16(12)17(20(2)3)14-7-5-13(11-19)6-8-14/h4-10,17H,11,19H2,1-3H3. The second kappa shape index (κ2) is 6.53. The monoisotopic (exact) mass is 332 g/mol. The Hall–Kier alpha value is -1.16. The fourth-order valence-electron chi connectivity index (χ4n) is 2.50. The highest BCUT2D eigenvalue weighted by atomic mass is 79.9. The Morgan fingerprint density at radius 2 is 1.75 bits per heavy atom. The summed E-state index contributed by atoms with van der Waals surface area (Å²) in [5.41, 5.74) is 10.7. The van der Waals surface area contributed by atoms with E-state index in [-0.39, 0.29) is 6.04 Å². The molecule has 1 unspecified atom stereocenters. The van der Waals surface area contributed by atoms with Crippen LogP contribution in [0.25, 0.3) is 0 Å². The van der Waals surface area contributed by atoms with Crippen LogP contribution in [0.15, 0.2) is 46.9 Å². The van der Waals surface area contributed by atoms with Crippen molar-refractivity contribution in [2.75, 3.05) is 14.1 Å². The van der Waals surface area contributed by atoms with Gasteiger partial charge in [0, 0.05) is 11.0 Å². The highest BCUT2D eigenvalue weighted by Crippen LogP contribution is 2.31. The Balaban J connectivity index is 2.47. The Morgan fingerprint density at radius 3 is 2.30 bits per heavy atom. The van der Waals surface area contributed by atoms with E-state index in [2.05, 4.69) is 84.3 Å². The minimum atomic E-state index is 0.249. The summed E-state index contributed by atoms with van der Waals surface area (Å²) in [7, 11) is 4.23. The van der Waals surface area contributed by atoms with Gasteiger partial charge in [-0.05, 0) is 55.4 Å². The van der Waals surface area contributed by atoms with Gasteiger partial charge in [-0.1, -0.05) is 46.3 Å². The molecule has 0 spiro atoms. The molecule has 1 atom stereocenters. The molecule has 106 valence electrons. The first-order valence-electron chi connectivity index (χ1n) is 6.74. The van der Waals surface area contributed by atoms with Gasteiger partial charge < -0.3 is 5.73 Å². The molecule has 3 heteroatoms. The van der Waals surface area contributed by atoms with E-state index in [0.29, 0.717) is 6.54 Å². The molecule has 0 aliphatic heterocycles. The van der Waals surface area contributed by atoms with Crippen LogP contribution in [-0.4, -0.2) is 19.0 Å². The molecule has 0 radical (unpaired) electrons. The normalized spacial score (nSPS) is 12.7. The number of benzene rings is 2. The maximum Gasteiger partial charge on any atom is 0.0599 e. The molecule has 0 aromatic heterocycles. The Bertz CT molecular complexity index is 576. The van der Waals surface area contributed by atoms with Crippen molar-refractivity contribution in [1.29, 1.82) is 0 Å². The van der Waals surface area contributed by atoms with E-state index in [1.54, 1.807) is 0 Å². The summed E-state index contributed by atoms with van der Waals surface area (Å²) in [5, 5.41) is 0. The van der Waals surface area contributed by atoms with Gasteiger partial charge in [0.15, 0.2) is 0 Å². The van der Waals surface area contributed by atoms with Gasteiger partial charge in [0.05, 0.1) is 6.04 Å². The van der Waals surface area contributed by atoms with E-state index >= 15 is 0 Å². The van der Waals surface area contributed by atoms with Crippen LogP contribution >= 0.6 is 15.9 Å². The van der Waals surface area contributed by atoms with Gasteiger partial charge in [-0.2, -0.15) is 0 Å². The zero-order valence-corrected chi connectivity index (χ0v) is 13.8. The number of nitrogens with zero attached hydrogens (tertiary/aromatic N) is 1. The predicted molar refractivity (Wildman–Crippen MR) is 88.7 cm³/mol. The summed E-state index contributed by atoms with van der Waals surface area (Å²) in [6.07, 6.45) is 0. The van der Waals surface area contributed by atoms with Gasteiger partial charge in [0.1, 0.15) is 0 Å². The second-order valence-electron chi connectivity index (χ2n) is 5.31. The SMILES string of the molecule is Cc1ccc(Br)cc1C(c1ccc(CN)cc1)N(C)C. The second-order valence-corrected chi connectivity index (χ2v) is 6.23. The summed E-state index contributed by atoms with van der Waals surface area (Å²) < 4.78 is 1.11. The fourth-order valence-corrected chi connectivity index (χ4v) is 2.88. The first-order chi connectivity index (χ1) is 9.52. The fraction of sp³-hybridized carbons (Fsp3) is 0.294. The summed E-state index contributed by atoms with van der Waals surface area (Å²) in [5.74, 6) is 0. The summed E-state index contributed by atoms with van der Waals surface area (Å²) in [4.78, 5) is 2.24. The van der Waals surface area contributed by atoms with Gasteiger partial charge in [0.25, 0.3) is 0 Å². The number of nitrogens with two attached hydrogens (primary N) is 1. The van der Waals surface area contributed by atoms with E-state index in [1.807, 2.05) is 0 Å². The molecule has 0 saturated heterocycles. The number of aryl methyl sites for hydroxylation is 1. The van der Waals surface area contributed by atoms with Crippen LogP contribution in [0.5, 0.6) is 0 Å². The highest BCUT2D eigenvalue weighted by Gasteiger charge is 2.18. The van der Waals surface area contributed by atoms with E-state index in [4.69, 9.17) is 5.73 Å². The molecule has 20 heavy (non-hydrogen) atoms. The molecule has 2 nitrogen and oxygen atoms in total. The van der Waals surface area contributed by atoms with Crippen molar-refractivity contribution in [1.82, 2.24) is 4.90 Å². The van der Waals surface area contributed by atoms with Gasteiger partial charge in [-0.15, -0.1) is 0 Å². The number of hydrogen-bond donors (Lipinski definition) is 1. The molecule has 2 rings (SSSR count). The number of rotatable bonds is 4. The third-order valence-electron chi connectivity index (χ3n) is 3.58. The molecular weight excluding hydrogens is 312 g/mol. The maximum absolute atomic E-state index is 5.67. The lowest BCUT2D eigenvalue weighted by Gasteiger charge is -2.27. The van der Waals surface area contributed by atoms with Crippen molar-refractivity contribution >= 4 is 15.9 Å². The molecule has 0 bridgehead atoms. The molecule has 2 N–H and O–H groups in total. The van der Waals surface area contributed by atoms with E-state index < -0.39 is 0 Å². The molecule has 0 saturated carbocycles. The van der Waals surface area contributed by atoms with Crippen LogP contribution in [0.3, 0.4) is 0 Å². The van der Waals surface area contributed by atoms with Crippen molar-refractivity contribution in [3.63, 3.8) is 0 Å². The summed E-state index contributed by atoms with van der Waals surface area (Å²) in [6.45, 7) is 2.75. The van der Waals surface area contributed by atoms with Crippen LogP contribution in [-0.2, 0) is 6.54 Å². The van der Waals surface area contributed by atoms with Crippen molar-refractivity contribution in [3.8, 4) is 0 Å². The average Bonchev–Trinajstić information content (AvgIpc) is 2.43. The quantitative estimate of drug-likeness (QED) is 0.920. The molecule has 2 aromatic rings. The Morgan fingerprint density at radius 1 is 1.10 bits per heavy atom. The summed E-state index contributed by atoms with van der Waals surface area (Å²) in [6, 6.07) is 15.3. The lowest BCUT2D eigenvalue weighted by atomic mass is 9.93. The zero-order chi connectivity index (χ0) is 14.7. The van der Waals surface area contributed by atoms with Gasteiger partial charge in [-0.3, -0.25) is 4.90 Å². The Kier molecular flexibility index (Phi) is 4.97. The highest BCUT2D eigenvalue weighted by molar-refractivity contribution is 9.10. The predicted octanol–water partition coefficient (Wildman–Crippen LogP) is 3.87. The third-order valence-corrected chi connectivity index (χ3v) is 4.08. The van der Waals surface area contributed by atoms with Crippen LogP contribution in [0.1, 0.15) is 28.3 Å². The van der Waals surface area contributed by atoms with Crippen LogP contribution < -0.4 is 5.73 Å². The van der Waals surface area contributed by atoms with E-state index in [0.717, 1.165) is 10.0 Å². The first kappa shape index (κ1) is 15.2. The smallest absolute Gasteiger partial charge is 0.0599 e. The maximum atomic E-state index is 5.67. The minimum absolute atomic E-state index is 0.249. The number of hydrogen-bond acceptors (Lipinski definition) is 2. The molecule has 0 aliphatic rings. The Labute approximate surface area is 129 Å². The van der Waals surface area contributed by atoms with Crippen LogP contribution in [0.2, 0.25) is 0 Å². The lowest BCUT2D eigenvalue weighted by molar-refractivity contribution is 0.341. The van der Waals surface area contributed by atoms with E-state index in [9.17, 15) is 0 Å². The molecule has 0 fully saturated rings. The third kappa shape index (κ3) is 3.29. The first-order valence-corrected chi connectivity index (χ1v) is 7.53. The molecular formula is C17H21BrN2. The topological polar surface area (TPSA) is 29.3 Å². The molecule has 0 amide bonds. The van der Waals surface area contributed by atoms with Crippen molar-refractivity contribution in [2.45, 2.75) is 19.5 Å². The minimum Gasteiger partial charge on any atom is -0.326 e. The average molecular weight is 333 g/mol. The molecule has 2 aromatic carbocycles. The zero-order valence-electron chi connectivity index (χ0n) is 12.2. The summed E-state index contributed by atoms with van der Waals surface area (Å²) >= 11 is 3.57. The van der Waals surface area contributed by atoms with Gasteiger partial charge in [-0.25, -0.2) is 0 Å². The van der Waals surface area contributed by atoms with Crippen molar-refractivity contribution < 1.29 is 0 Å². The van der Waals surface area contributed by atoms with Gasteiger partial charge in [0.2, 0.25) is 0 Å². The van der Waals surface area contributed by atoms with E-state index in [1.165, 1.54) is 16.7 Å². The molecule has 0 aliphatic carbocycles. The van der Waals surface area contributed by atoms with Crippen LogP contribution in [0, 0.1) is 6.92 Å². The van der Waals surface area contributed by atoms with Crippen LogP contribution in [0.4, 0.5) is 0 Å². The van der Waals surface area contributed by atoms with Gasteiger partial charge >= 0.3 is 0 Å². The van der Waals surface area contributed by atoms with Crippen molar-refractivity contribution in [3.05, 3.63) is 69.2 Å². The molecule has 0 heterocycles. The lowest BCUT2D eigenvalue weighted by Crippen LogP contribution is -2.22. The largest absolute Gasteiger partial charge is 0.326 e.